The van der Waals surface area contributed by atoms with E-state index >= 15 is 0 Å². The molecule has 69 valence electrons. The molecule has 0 aliphatic rings. The number of aromatic nitrogens is 2. The zero-order chi connectivity index (χ0) is 9.97. The van der Waals surface area contributed by atoms with Crippen molar-refractivity contribution in [2.75, 3.05) is 0 Å². The predicted octanol–water partition coefficient (Wildman–Crippen LogP) is 3.47. The number of rotatable bonds is 1. The van der Waals surface area contributed by atoms with Crippen molar-refractivity contribution in [2.45, 2.75) is 0 Å². The topological polar surface area (TPSA) is 25.8 Å². The first-order chi connectivity index (χ1) is 6.77. The van der Waals surface area contributed by atoms with Crippen molar-refractivity contribution >= 4 is 31.9 Å². The number of benzene rings is 1. The SMILES string of the molecule is Brc1ccc(-c2cc[c]nn2)c(Br)c1. The van der Waals surface area contributed by atoms with Crippen LogP contribution in [0.2, 0.25) is 0 Å². The van der Waals surface area contributed by atoms with E-state index in [9.17, 15) is 0 Å². The number of halogens is 2. The molecule has 0 N–H and O–H groups in total. The molecule has 0 saturated carbocycles. The fraction of sp³-hybridized carbons (Fsp3) is 0. The Morgan fingerprint density at radius 2 is 2.00 bits per heavy atom. The summed E-state index contributed by atoms with van der Waals surface area (Å²) >= 11 is 6.87. The van der Waals surface area contributed by atoms with Crippen molar-refractivity contribution in [2.24, 2.45) is 0 Å². The normalized spacial score (nSPS) is 10.1. The minimum atomic E-state index is 0.836. The summed E-state index contributed by atoms with van der Waals surface area (Å²) in [7, 11) is 0. The molecule has 14 heavy (non-hydrogen) atoms. The third kappa shape index (κ3) is 2.01. The van der Waals surface area contributed by atoms with E-state index < -0.39 is 0 Å². The summed E-state index contributed by atoms with van der Waals surface area (Å²) in [5.74, 6) is 0. The number of nitrogens with zero attached hydrogens (tertiary/aromatic N) is 2. The van der Waals surface area contributed by atoms with Gasteiger partial charge in [-0.05, 0) is 24.3 Å². The molecule has 0 amide bonds. The van der Waals surface area contributed by atoms with Crippen molar-refractivity contribution in [3.8, 4) is 11.3 Å². The molecule has 1 aromatic carbocycles. The summed E-state index contributed by atoms with van der Waals surface area (Å²) in [6.45, 7) is 0. The van der Waals surface area contributed by atoms with Crippen LogP contribution in [0.1, 0.15) is 0 Å². The molecule has 2 nitrogen and oxygen atoms in total. The molecule has 0 atom stereocenters. The second-order valence-electron chi connectivity index (χ2n) is 2.67. The monoisotopic (exact) mass is 311 g/mol. The largest absolute Gasteiger partial charge is 0.150 e. The molecule has 0 fully saturated rings. The van der Waals surface area contributed by atoms with Crippen LogP contribution in [-0.4, -0.2) is 10.2 Å². The van der Waals surface area contributed by atoms with Gasteiger partial charge in [0.1, 0.15) is 6.20 Å². The fourth-order valence-electron chi connectivity index (χ4n) is 1.11. The molecule has 1 aromatic heterocycles. The second-order valence-corrected chi connectivity index (χ2v) is 4.44. The van der Waals surface area contributed by atoms with Crippen LogP contribution < -0.4 is 0 Å². The lowest BCUT2D eigenvalue weighted by molar-refractivity contribution is 1.03. The summed E-state index contributed by atoms with van der Waals surface area (Å²) in [6, 6.07) is 9.56. The molecular formula is C10H5Br2N2. The molecule has 4 heteroatoms. The van der Waals surface area contributed by atoms with Crippen LogP contribution in [0.5, 0.6) is 0 Å². The molecule has 2 aromatic rings. The Kier molecular flexibility index (Phi) is 2.93. The fourth-order valence-corrected chi connectivity index (χ4v) is 2.36. The quantitative estimate of drug-likeness (QED) is 0.806. The number of hydrogen-bond acceptors (Lipinski definition) is 2. The summed E-state index contributed by atoms with van der Waals surface area (Å²) in [5.41, 5.74) is 1.86. The van der Waals surface area contributed by atoms with Crippen LogP contribution >= 0.6 is 31.9 Å². The van der Waals surface area contributed by atoms with Crippen LogP contribution in [0.15, 0.2) is 39.3 Å². The summed E-state index contributed by atoms with van der Waals surface area (Å²) < 4.78 is 2.02. The van der Waals surface area contributed by atoms with E-state index in [0.717, 1.165) is 20.2 Å². The maximum absolute atomic E-state index is 3.99. The van der Waals surface area contributed by atoms with Gasteiger partial charge in [-0.2, -0.15) is 0 Å². The van der Waals surface area contributed by atoms with E-state index in [1.807, 2.05) is 24.3 Å². The molecule has 1 radical (unpaired) electrons. The Hall–Kier alpha value is -0.740. The van der Waals surface area contributed by atoms with Crippen molar-refractivity contribution < 1.29 is 0 Å². The van der Waals surface area contributed by atoms with E-state index in [4.69, 9.17) is 0 Å². The van der Waals surface area contributed by atoms with Crippen LogP contribution in [0.25, 0.3) is 11.3 Å². The average molecular weight is 313 g/mol. The molecule has 0 bridgehead atoms. The van der Waals surface area contributed by atoms with Crippen LogP contribution in [-0.2, 0) is 0 Å². The van der Waals surface area contributed by atoms with Gasteiger partial charge < -0.3 is 0 Å². The average Bonchev–Trinajstić information content (AvgIpc) is 2.19. The van der Waals surface area contributed by atoms with E-state index in [2.05, 4.69) is 48.3 Å². The lowest BCUT2D eigenvalue weighted by Crippen LogP contribution is -1.86. The molecule has 2 rings (SSSR count). The van der Waals surface area contributed by atoms with E-state index in [0.29, 0.717) is 0 Å². The highest BCUT2D eigenvalue weighted by molar-refractivity contribution is 9.11. The third-order valence-corrected chi connectivity index (χ3v) is 2.89. The van der Waals surface area contributed by atoms with Gasteiger partial charge in [-0.25, -0.2) is 0 Å². The highest BCUT2D eigenvalue weighted by Gasteiger charge is 2.04. The molecule has 0 aliphatic carbocycles. The number of hydrogen-bond donors (Lipinski definition) is 0. The zero-order valence-electron chi connectivity index (χ0n) is 7.04. The first kappa shape index (κ1) is 9.80. The summed E-state index contributed by atoms with van der Waals surface area (Å²) in [6.07, 6.45) is 2.65. The third-order valence-electron chi connectivity index (χ3n) is 1.74. The highest BCUT2D eigenvalue weighted by Crippen LogP contribution is 2.28. The van der Waals surface area contributed by atoms with Gasteiger partial charge in [0, 0.05) is 14.5 Å². The Labute approximate surface area is 98.6 Å². The first-order valence-corrected chi connectivity index (χ1v) is 5.51. The Morgan fingerprint density at radius 1 is 1.14 bits per heavy atom. The van der Waals surface area contributed by atoms with Gasteiger partial charge >= 0.3 is 0 Å². The summed E-state index contributed by atoms with van der Waals surface area (Å²) in [4.78, 5) is 0. The molecule has 0 aliphatic heterocycles. The Bertz CT molecular complexity index is 443. The van der Waals surface area contributed by atoms with Crippen molar-refractivity contribution in [1.82, 2.24) is 10.2 Å². The van der Waals surface area contributed by atoms with E-state index in [1.165, 1.54) is 0 Å². The second kappa shape index (κ2) is 4.19. The van der Waals surface area contributed by atoms with E-state index in [-0.39, 0.29) is 0 Å². The van der Waals surface area contributed by atoms with Gasteiger partial charge in [0.05, 0.1) is 5.69 Å². The smallest absolute Gasteiger partial charge is 0.113 e. The zero-order valence-corrected chi connectivity index (χ0v) is 10.2. The van der Waals surface area contributed by atoms with Gasteiger partial charge in [0.15, 0.2) is 0 Å². The summed E-state index contributed by atoms with van der Waals surface area (Å²) in [5, 5.41) is 7.71. The Balaban J connectivity index is 2.53. The lowest BCUT2D eigenvalue weighted by atomic mass is 10.1. The molecule has 0 unspecified atom stereocenters. The molecular weight excluding hydrogens is 308 g/mol. The van der Waals surface area contributed by atoms with Crippen molar-refractivity contribution in [3.05, 3.63) is 45.5 Å². The predicted molar refractivity (Wildman–Crippen MR) is 61.7 cm³/mol. The van der Waals surface area contributed by atoms with E-state index in [1.54, 1.807) is 6.07 Å². The maximum Gasteiger partial charge on any atom is 0.113 e. The van der Waals surface area contributed by atoms with Gasteiger partial charge in [-0.15, -0.1) is 10.2 Å². The maximum atomic E-state index is 3.99. The minimum absolute atomic E-state index is 0.836. The minimum Gasteiger partial charge on any atom is -0.150 e. The van der Waals surface area contributed by atoms with Gasteiger partial charge in [-0.1, -0.05) is 37.9 Å². The van der Waals surface area contributed by atoms with Crippen molar-refractivity contribution in [1.29, 1.82) is 0 Å². The van der Waals surface area contributed by atoms with Crippen LogP contribution in [0, 0.1) is 6.20 Å². The van der Waals surface area contributed by atoms with Gasteiger partial charge in [0.2, 0.25) is 0 Å². The molecule has 0 spiro atoms. The first-order valence-electron chi connectivity index (χ1n) is 3.92. The molecule has 0 saturated heterocycles. The van der Waals surface area contributed by atoms with Crippen LogP contribution in [0.4, 0.5) is 0 Å². The van der Waals surface area contributed by atoms with Gasteiger partial charge in [0.25, 0.3) is 0 Å². The van der Waals surface area contributed by atoms with Crippen molar-refractivity contribution in [3.63, 3.8) is 0 Å². The van der Waals surface area contributed by atoms with Crippen LogP contribution in [0.3, 0.4) is 0 Å². The lowest BCUT2D eigenvalue weighted by Gasteiger charge is -2.02. The standard InChI is InChI=1S/C10H5Br2N2/c11-7-3-4-8(9(12)6-7)10-2-1-5-13-14-10/h1-4,6H. The highest BCUT2D eigenvalue weighted by atomic mass is 79.9. The molecule has 1 heterocycles. The Morgan fingerprint density at radius 3 is 2.64 bits per heavy atom. The van der Waals surface area contributed by atoms with Gasteiger partial charge in [-0.3, -0.25) is 0 Å².